The Bertz CT molecular complexity index is 1450. The second kappa shape index (κ2) is 10.3. The number of nitrogens with one attached hydrogen (secondary N) is 1. The summed E-state index contributed by atoms with van der Waals surface area (Å²) in [5.41, 5.74) is 8.11. The third-order valence-electron chi connectivity index (χ3n) is 7.13. The van der Waals surface area contributed by atoms with Crippen molar-refractivity contribution in [2.45, 2.75) is 59.7 Å². The van der Waals surface area contributed by atoms with Gasteiger partial charge >= 0.3 is 0 Å². The first kappa shape index (κ1) is 27.5. The minimum atomic E-state index is -0.651. The maximum atomic E-state index is 12.0. The van der Waals surface area contributed by atoms with Crippen LogP contribution in [0.4, 0.5) is 5.82 Å². The first-order valence-corrected chi connectivity index (χ1v) is 13.0. The van der Waals surface area contributed by atoms with Crippen LogP contribution in [-0.2, 0) is 11.4 Å². The fraction of sp³-hybridized carbons (Fsp3) is 0.448. The fourth-order valence-corrected chi connectivity index (χ4v) is 5.53. The normalized spacial score (nSPS) is 21.6. The Hall–Kier alpha value is -3.56. The van der Waals surface area contributed by atoms with Gasteiger partial charge in [0.1, 0.15) is 31.0 Å². The smallest absolute Gasteiger partial charge is 0.228 e. The van der Waals surface area contributed by atoms with Crippen molar-refractivity contribution in [2.75, 3.05) is 25.5 Å². The molecule has 1 aliphatic heterocycles. The summed E-state index contributed by atoms with van der Waals surface area (Å²) in [5, 5.41) is 15.2. The Morgan fingerprint density at radius 3 is 2.76 bits per heavy atom. The predicted octanol–water partition coefficient (Wildman–Crippen LogP) is 2.01. The van der Waals surface area contributed by atoms with Crippen LogP contribution in [0.15, 0.2) is 42.3 Å². The molecule has 2 unspecified atom stereocenters. The number of fused-ring (bicyclic) bond motifs is 1. The summed E-state index contributed by atoms with van der Waals surface area (Å²) in [6.07, 6.45) is 10.8. The number of hydrogen-bond donors (Lipinski definition) is 3. The highest BCUT2D eigenvalue weighted by Gasteiger charge is 2.37. The van der Waals surface area contributed by atoms with Crippen molar-refractivity contribution >= 4 is 29.5 Å². The number of aliphatic hydroxyl groups excluding tert-OH is 1. The van der Waals surface area contributed by atoms with Gasteiger partial charge in [0.25, 0.3) is 0 Å². The van der Waals surface area contributed by atoms with Crippen LogP contribution in [0.5, 0.6) is 0 Å². The number of rotatable bonds is 8. The number of primary amides is 1. The summed E-state index contributed by atoms with van der Waals surface area (Å²) >= 11 is 0. The minimum Gasteiger partial charge on any atom is -0.388 e. The Morgan fingerprint density at radius 2 is 2.11 bits per heavy atom. The van der Waals surface area contributed by atoms with Crippen molar-refractivity contribution in [2.24, 2.45) is 11.1 Å². The van der Waals surface area contributed by atoms with E-state index in [9.17, 15) is 9.90 Å². The summed E-state index contributed by atoms with van der Waals surface area (Å²) in [7, 11) is 2.10. The van der Waals surface area contributed by atoms with E-state index < -0.39 is 5.41 Å². The molecule has 0 fully saturated rings. The Kier molecular flexibility index (Phi) is 7.45. The largest absolute Gasteiger partial charge is 0.388 e. The molecular weight excluding hydrogens is 478 g/mol. The molecule has 202 valence electrons. The van der Waals surface area contributed by atoms with Crippen LogP contribution in [0.3, 0.4) is 0 Å². The van der Waals surface area contributed by atoms with E-state index >= 15 is 0 Å². The zero-order chi connectivity index (χ0) is 27.8. The molecule has 4 rings (SSSR count). The number of imidazole rings is 1. The average molecular weight is 519 g/mol. The summed E-state index contributed by atoms with van der Waals surface area (Å²) in [6.45, 7) is 15.6. The molecule has 0 bridgehead atoms. The highest BCUT2D eigenvalue weighted by Crippen LogP contribution is 2.30. The van der Waals surface area contributed by atoms with Crippen LogP contribution in [0, 0.1) is 5.41 Å². The fourth-order valence-electron chi connectivity index (χ4n) is 5.53. The van der Waals surface area contributed by atoms with E-state index in [1.807, 2.05) is 19.9 Å². The van der Waals surface area contributed by atoms with E-state index in [1.165, 1.54) is 5.57 Å². The maximum Gasteiger partial charge on any atom is 0.228 e. The molecule has 1 amide bonds. The van der Waals surface area contributed by atoms with E-state index in [2.05, 4.69) is 78.7 Å². The number of quaternary nitrogens is 1. The number of hydrogen-bond acceptors (Lipinski definition) is 6. The van der Waals surface area contributed by atoms with Crippen molar-refractivity contribution < 1.29 is 14.4 Å². The predicted molar refractivity (Wildman–Crippen MR) is 151 cm³/mol. The van der Waals surface area contributed by atoms with E-state index in [0.29, 0.717) is 34.9 Å². The molecule has 0 saturated heterocycles. The van der Waals surface area contributed by atoms with Gasteiger partial charge in [-0.05, 0) is 70.4 Å². The lowest BCUT2D eigenvalue weighted by atomic mass is 9.90. The maximum absolute atomic E-state index is 12.0. The van der Waals surface area contributed by atoms with Crippen molar-refractivity contribution in [3.8, 4) is 0 Å². The topological polar surface area (TPSA) is 119 Å². The highest BCUT2D eigenvalue weighted by molar-refractivity contribution is 5.80. The van der Waals surface area contributed by atoms with Gasteiger partial charge in [-0.1, -0.05) is 12.7 Å². The summed E-state index contributed by atoms with van der Waals surface area (Å²) in [6, 6.07) is 1.82. The second-order valence-electron chi connectivity index (χ2n) is 11.7. The van der Waals surface area contributed by atoms with Gasteiger partial charge in [0, 0.05) is 12.2 Å². The van der Waals surface area contributed by atoms with Crippen LogP contribution in [0.1, 0.15) is 58.7 Å². The molecule has 2 aliphatic rings. The Morgan fingerprint density at radius 1 is 1.37 bits per heavy atom. The number of carbonyl (C=O) groups excluding carboxylic acids is 1. The van der Waals surface area contributed by atoms with Gasteiger partial charge in [0.05, 0.1) is 41.3 Å². The van der Waals surface area contributed by atoms with Crippen LogP contribution in [0.25, 0.3) is 17.7 Å². The molecule has 38 heavy (non-hydrogen) atoms. The van der Waals surface area contributed by atoms with Gasteiger partial charge in [-0.3, -0.25) is 9.28 Å². The molecule has 0 aromatic carbocycles. The molecule has 4 N–H and O–H groups in total. The van der Waals surface area contributed by atoms with Crippen molar-refractivity contribution in [3.63, 3.8) is 0 Å². The van der Waals surface area contributed by atoms with E-state index in [1.54, 1.807) is 6.20 Å². The number of nitrogens with two attached hydrogens (primary N) is 1. The van der Waals surface area contributed by atoms with Crippen molar-refractivity contribution in [3.05, 3.63) is 64.6 Å². The van der Waals surface area contributed by atoms with E-state index in [0.717, 1.165) is 28.4 Å². The number of amides is 1. The average Bonchev–Trinajstić information content (AvgIpc) is 3.11. The number of anilines is 1. The molecule has 2 aromatic heterocycles. The number of allylic oxidation sites excluding steroid dienone is 2. The van der Waals surface area contributed by atoms with Crippen LogP contribution in [0.2, 0.25) is 0 Å². The SMILES string of the molecule is C=C1CC=c2nc(CO)n(C(C)C)c2=CC1Nc1ccnc(C2=C[N+](C)(CC(C)(C)C(N)=O)CC(C)=C2)n1. The Balaban J connectivity index is 1.67. The van der Waals surface area contributed by atoms with Crippen molar-refractivity contribution in [1.82, 2.24) is 19.5 Å². The lowest BCUT2D eigenvalue weighted by molar-refractivity contribution is -0.860. The van der Waals surface area contributed by atoms with Crippen LogP contribution in [-0.4, -0.2) is 61.2 Å². The van der Waals surface area contributed by atoms with Gasteiger partial charge in [0.15, 0.2) is 5.82 Å². The monoisotopic (exact) mass is 518 g/mol. The van der Waals surface area contributed by atoms with Gasteiger partial charge in [-0.15, -0.1) is 0 Å². The third kappa shape index (κ3) is 5.63. The van der Waals surface area contributed by atoms with Crippen LogP contribution < -0.4 is 21.7 Å². The lowest BCUT2D eigenvalue weighted by Crippen LogP contribution is -2.51. The number of aliphatic hydroxyl groups is 1. The molecule has 0 spiro atoms. The molecule has 9 heteroatoms. The lowest BCUT2D eigenvalue weighted by Gasteiger charge is -2.38. The van der Waals surface area contributed by atoms with E-state index in [4.69, 9.17) is 10.7 Å². The van der Waals surface area contributed by atoms with Gasteiger partial charge in [-0.25, -0.2) is 15.0 Å². The van der Waals surface area contributed by atoms with Crippen LogP contribution >= 0.6 is 0 Å². The molecule has 9 nitrogen and oxygen atoms in total. The third-order valence-corrected chi connectivity index (χ3v) is 7.13. The number of likely N-dealkylation sites (N-methyl/N-ethyl adjacent to an activating group) is 1. The zero-order valence-corrected chi connectivity index (χ0v) is 23.3. The number of carbonyl (C=O) groups is 1. The highest BCUT2D eigenvalue weighted by atomic mass is 16.3. The van der Waals surface area contributed by atoms with Crippen molar-refractivity contribution in [1.29, 1.82) is 0 Å². The Labute approximate surface area is 224 Å². The first-order valence-electron chi connectivity index (χ1n) is 13.0. The first-order chi connectivity index (χ1) is 17.8. The summed E-state index contributed by atoms with van der Waals surface area (Å²) in [5.74, 6) is 1.63. The molecule has 0 saturated carbocycles. The van der Waals surface area contributed by atoms with Gasteiger partial charge in [0.2, 0.25) is 5.91 Å². The molecule has 2 atom stereocenters. The van der Waals surface area contributed by atoms with E-state index in [-0.39, 0.29) is 24.6 Å². The molecular formula is C29H40N7O2+. The van der Waals surface area contributed by atoms with Gasteiger partial charge in [-0.2, -0.15) is 0 Å². The molecule has 3 heterocycles. The molecule has 0 radical (unpaired) electrons. The molecule has 2 aromatic rings. The second-order valence-corrected chi connectivity index (χ2v) is 11.7. The van der Waals surface area contributed by atoms with Gasteiger partial charge < -0.3 is 20.7 Å². The zero-order valence-electron chi connectivity index (χ0n) is 23.3. The summed E-state index contributed by atoms with van der Waals surface area (Å²) in [4.78, 5) is 26.1. The number of nitrogens with zero attached hydrogens (tertiary/aromatic N) is 5. The molecule has 1 aliphatic carbocycles. The standard InChI is InChI=1S/C29H39N7O2/c1-18(2)35-24-13-23(20(4)8-9-22(24)33-26(35)16-37)32-25-10-11-31-27(34-25)21-12-19(3)14-36(7,15-21)17-29(5,6)28(30)38/h9-13,15,18,23,37H,4,8,14,16-17H2,1-3,5-7H3,(H2-,30,31,32,34,38)/p+1. The number of aromatic nitrogens is 4. The minimum absolute atomic E-state index is 0.114. The quantitative estimate of drug-likeness (QED) is 0.363. The summed E-state index contributed by atoms with van der Waals surface area (Å²) < 4.78 is 2.60.